The van der Waals surface area contributed by atoms with E-state index in [0.717, 1.165) is 56.0 Å². The second kappa shape index (κ2) is 9.17. The van der Waals surface area contributed by atoms with Crippen molar-refractivity contribution in [1.82, 2.24) is 20.5 Å². The molecule has 0 saturated heterocycles. The summed E-state index contributed by atoms with van der Waals surface area (Å²) < 4.78 is 0. The smallest absolute Gasteiger partial charge is 0.230 e. The summed E-state index contributed by atoms with van der Waals surface area (Å²) in [6, 6.07) is 0. The normalized spacial score (nSPS) is 16.7. The molecule has 0 aliphatic heterocycles. The van der Waals surface area contributed by atoms with Crippen molar-refractivity contribution in [3.8, 4) is 0 Å². The summed E-state index contributed by atoms with van der Waals surface area (Å²) in [5.41, 5.74) is -0.285. The van der Waals surface area contributed by atoms with Gasteiger partial charge in [-0.05, 0) is 19.3 Å². The van der Waals surface area contributed by atoms with Gasteiger partial charge in [0.2, 0.25) is 5.91 Å². The van der Waals surface area contributed by atoms with E-state index in [4.69, 9.17) is 0 Å². The van der Waals surface area contributed by atoms with E-state index in [1.807, 2.05) is 20.3 Å². The fraction of sp³-hybridized carbons (Fsp3) is 0.722. The summed E-state index contributed by atoms with van der Waals surface area (Å²) >= 11 is 1.77. The maximum atomic E-state index is 12.6. The predicted molar refractivity (Wildman–Crippen MR) is 104 cm³/mol. The molecule has 2 rings (SSSR count). The van der Waals surface area contributed by atoms with Gasteiger partial charge in [0.15, 0.2) is 5.96 Å². The van der Waals surface area contributed by atoms with Crippen molar-refractivity contribution in [3.63, 3.8) is 0 Å². The molecule has 1 saturated carbocycles. The maximum absolute atomic E-state index is 12.6. The second-order valence-electron chi connectivity index (χ2n) is 6.86. The van der Waals surface area contributed by atoms with E-state index in [9.17, 15) is 4.79 Å². The van der Waals surface area contributed by atoms with Crippen LogP contribution in [0.25, 0.3) is 0 Å². The average molecular weight is 366 g/mol. The van der Waals surface area contributed by atoms with Crippen LogP contribution in [0.2, 0.25) is 0 Å². The van der Waals surface area contributed by atoms with Gasteiger partial charge in [-0.15, -0.1) is 11.3 Å². The van der Waals surface area contributed by atoms with Crippen molar-refractivity contribution in [2.75, 3.05) is 34.2 Å². The molecule has 0 unspecified atom stereocenters. The molecule has 6 nitrogen and oxygen atoms in total. The van der Waals surface area contributed by atoms with Gasteiger partial charge in [-0.25, -0.2) is 4.98 Å². The molecule has 2 N–H and O–H groups in total. The van der Waals surface area contributed by atoms with Gasteiger partial charge >= 0.3 is 0 Å². The summed E-state index contributed by atoms with van der Waals surface area (Å²) in [6.45, 7) is 3.57. The number of aromatic nitrogens is 1. The van der Waals surface area contributed by atoms with Gasteiger partial charge in [0, 0.05) is 51.7 Å². The van der Waals surface area contributed by atoms with E-state index in [0.29, 0.717) is 6.54 Å². The highest BCUT2D eigenvalue weighted by molar-refractivity contribution is 7.11. The number of nitrogens with zero attached hydrogens (tertiary/aromatic N) is 3. The third-order valence-electron chi connectivity index (χ3n) is 4.82. The van der Waals surface area contributed by atoms with E-state index in [2.05, 4.69) is 27.5 Å². The third kappa shape index (κ3) is 5.17. The number of hydrogen-bond acceptors (Lipinski definition) is 4. The first-order valence-electron chi connectivity index (χ1n) is 9.10. The molecule has 0 aromatic carbocycles. The van der Waals surface area contributed by atoms with Crippen LogP contribution in [0.3, 0.4) is 0 Å². The highest BCUT2D eigenvalue weighted by Gasteiger charge is 2.42. The lowest BCUT2D eigenvalue weighted by Gasteiger charge is -2.31. The molecule has 1 amide bonds. The van der Waals surface area contributed by atoms with E-state index >= 15 is 0 Å². The van der Waals surface area contributed by atoms with Gasteiger partial charge in [-0.2, -0.15) is 0 Å². The zero-order valence-corrected chi connectivity index (χ0v) is 16.7. The van der Waals surface area contributed by atoms with Crippen LogP contribution < -0.4 is 10.6 Å². The monoisotopic (exact) mass is 365 g/mol. The van der Waals surface area contributed by atoms with Gasteiger partial charge < -0.3 is 15.5 Å². The molecule has 7 heteroatoms. The van der Waals surface area contributed by atoms with Crippen LogP contribution in [0.5, 0.6) is 0 Å². The Hall–Kier alpha value is -1.63. The Balaban J connectivity index is 1.83. The zero-order valence-electron chi connectivity index (χ0n) is 15.9. The molecule has 1 aliphatic rings. The van der Waals surface area contributed by atoms with Crippen molar-refractivity contribution in [3.05, 3.63) is 16.1 Å². The van der Waals surface area contributed by atoms with Gasteiger partial charge in [0.1, 0.15) is 0 Å². The average Bonchev–Trinajstić information content (AvgIpc) is 3.27. The minimum Gasteiger partial charge on any atom is -0.356 e. The lowest BCUT2D eigenvalue weighted by molar-refractivity contribution is -0.138. The van der Waals surface area contributed by atoms with E-state index in [1.165, 1.54) is 4.88 Å². The molecular formula is C18H31N5OS. The van der Waals surface area contributed by atoms with Gasteiger partial charge in [0.25, 0.3) is 0 Å². The molecule has 1 aromatic heterocycles. The first-order chi connectivity index (χ1) is 12.0. The standard InChI is InChI=1S/C18H31N5OS/c1-5-14-12-21-15(25-14)8-11-20-17(19-2)22-13-18(9-6-7-10-18)16(24)23(3)4/h12H,5-11,13H2,1-4H3,(H2,19,20,22). The summed E-state index contributed by atoms with van der Waals surface area (Å²) in [5, 5.41) is 7.85. The molecule has 0 spiro atoms. The number of amides is 1. The van der Waals surface area contributed by atoms with Crippen molar-refractivity contribution >= 4 is 23.2 Å². The molecule has 1 heterocycles. The first-order valence-corrected chi connectivity index (χ1v) is 9.92. The molecule has 140 valence electrons. The first kappa shape index (κ1) is 19.7. The fourth-order valence-corrected chi connectivity index (χ4v) is 4.24. The van der Waals surface area contributed by atoms with Gasteiger partial charge in [-0.3, -0.25) is 9.79 Å². The number of aryl methyl sites for hydroxylation is 1. The van der Waals surface area contributed by atoms with Crippen LogP contribution in [-0.2, 0) is 17.6 Å². The molecule has 1 aliphatic carbocycles. The summed E-state index contributed by atoms with van der Waals surface area (Å²) in [7, 11) is 5.45. The number of thiazole rings is 1. The Morgan fingerprint density at radius 1 is 1.36 bits per heavy atom. The van der Waals surface area contributed by atoms with Crippen molar-refractivity contribution in [2.45, 2.75) is 45.4 Å². The molecule has 1 aromatic rings. The van der Waals surface area contributed by atoms with E-state index in [-0.39, 0.29) is 11.3 Å². The highest BCUT2D eigenvalue weighted by Crippen LogP contribution is 2.38. The number of hydrogen-bond donors (Lipinski definition) is 2. The second-order valence-corrected chi connectivity index (χ2v) is 8.06. The lowest BCUT2D eigenvalue weighted by atomic mass is 9.84. The summed E-state index contributed by atoms with van der Waals surface area (Å²) in [5.74, 6) is 0.980. The minimum absolute atomic E-state index is 0.225. The van der Waals surface area contributed by atoms with E-state index in [1.54, 1.807) is 23.3 Å². The Morgan fingerprint density at radius 2 is 2.08 bits per heavy atom. The molecular weight excluding hydrogens is 334 g/mol. The van der Waals surface area contributed by atoms with Crippen LogP contribution in [0.15, 0.2) is 11.2 Å². The Morgan fingerprint density at radius 3 is 2.64 bits per heavy atom. The van der Waals surface area contributed by atoms with Crippen LogP contribution >= 0.6 is 11.3 Å². The third-order valence-corrected chi connectivity index (χ3v) is 6.02. The molecule has 1 fully saturated rings. The van der Waals surface area contributed by atoms with Crippen LogP contribution in [0.1, 0.15) is 42.5 Å². The number of carbonyl (C=O) groups is 1. The number of carbonyl (C=O) groups excluding carboxylic acids is 1. The molecule has 0 atom stereocenters. The van der Waals surface area contributed by atoms with Gasteiger partial charge in [0.05, 0.1) is 10.4 Å². The summed E-state index contributed by atoms with van der Waals surface area (Å²) in [6.07, 6.45) is 8.03. The Kier molecular flexibility index (Phi) is 7.23. The maximum Gasteiger partial charge on any atom is 0.230 e. The van der Waals surface area contributed by atoms with Crippen LogP contribution in [-0.4, -0.2) is 56.0 Å². The quantitative estimate of drug-likeness (QED) is 0.573. The van der Waals surface area contributed by atoms with E-state index < -0.39 is 0 Å². The summed E-state index contributed by atoms with van der Waals surface area (Å²) in [4.78, 5) is 24.4. The van der Waals surface area contributed by atoms with Gasteiger partial charge in [-0.1, -0.05) is 19.8 Å². The topological polar surface area (TPSA) is 69.6 Å². The van der Waals surface area contributed by atoms with Crippen molar-refractivity contribution < 1.29 is 4.79 Å². The Labute approximate surface area is 155 Å². The largest absolute Gasteiger partial charge is 0.356 e. The molecule has 0 bridgehead atoms. The minimum atomic E-state index is -0.285. The predicted octanol–water partition coefficient (Wildman–Crippen LogP) is 2.06. The highest BCUT2D eigenvalue weighted by atomic mass is 32.1. The van der Waals surface area contributed by atoms with Crippen molar-refractivity contribution in [2.24, 2.45) is 10.4 Å². The van der Waals surface area contributed by atoms with Crippen LogP contribution in [0.4, 0.5) is 0 Å². The number of rotatable bonds is 7. The molecule has 0 radical (unpaired) electrons. The number of aliphatic imine (C=N–C) groups is 1. The fourth-order valence-electron chi connectivity index (χ4n) is 3.38. The van der Waals surface area contributed by atoms with Crippen LogP contribution in [0, 0.1) is 5.41 Å². The zero-order chi connectivity index (χ0) is 18.3. The Bertz CT molecular complexity index is 590. The number of nitrogens with one attached hydrogen (secondary N) is 2. The SMILES string of the molecule is CCc1cnc(CCNC(=NC)NCC2(C(=O)N(C)C)CCCC2)s1. The lowest BCUT2D eigenvalue weighted by Crippen LogP contribution is -2.49. The molecule has 25 heavy (non-hydrogen) atoms. The number of guanidine groups is 1. The van der Waals surface area contributed by atoms with Crippen molar-refractivity contribution in [1.29, 1.82) is 0 Å².